The summed E-state index contributed by atoms with van der Waals surface area (Å²) >= 11 is 5.86. The van der Waals surface area contributed by atoms with Gasteiger partial charge < -0.3 is 19.9 Å². The molecule has 1 saturated heterocycles. The van der Waals surface area contributed by atoms with Crippen molar-refractivity contribution in [3.05, 3.63) is 59.1 Å². The smallest absolute Gasteiger partial charge is 0.262 e. The van der Waals surface area contributed by atoms with Gasteiger partial charge in [-0.3, -0.25) is 4.79 Å². The number of likely N-dealkylation sites (N-methyl/N-ethyl adjacent to an activating group) is 1. The summed E-state index contributed by atoms with van der Waals surface area (Å²) in [6, 6.07) is 14.9. The van der Waals surface area contributed by atoms with Gasteiger partial charge >= 0.3 is 0 Å². The largest absolute Gasteiger partial charge is 0.484 e. The molecule has 4 rings (SSSR count). The molecule has 1 aliphatic rings. The number of aromatic nitrogens is 1. The Morgan fingerprint density at radius 3 is 2.71 bits per heavy atom. The Labute approximate surface area is 187 Å². The third-order valence-corrected chi connectivity index (χ3v) is 5.76. The number of pyridine rings is 1. The Bertz CT molecular complexity index is 1070. The van der Waals surface area contributed by atoms with Crippen molar-refractivity contribution in [3.63, 3.8) is 0 Å². The van der Waals surface area contributed by atoms with Crippen molar-refractivity contribution >= 4 is 39.9 Å². The van der Waals surface area contributed by atoms with Gasteiger partial charge in [0.2, 0.25) is 0 Å². The molecule has 1 aliphatic heterocycles. The minimum absolute atomic E-state index is 0.0702. The van der Waals surface area contributed by atoms with Crippen LogP contribution in [0, 0.1) is 6.92 Å². The number of hydrogen-bond acceptors (Lipinski definition) is 5. The molecule has 0 aliphatic carbocycles. The third kappa shape index (κ3) is 5.46. The van der Waals surface area contributed by atoms with Crippen molar-refractivity contribution < 1.29 is 9.53 Å². The third-order valence-electron chi connectivity index (χ3n) is 5.51. The van der Waals surface area contributed by atoms with Crippen molar-refractivity contribution in [1.29, 1.82) is 0 Å². The number of ether oxygens (including phenoxy) is 1. The fraction of sp³-hybridized carbons (Fsp3) is 0.333. The van der Waals surface area contributed by atoms with E-state index in [1.54, 1.807) is 24.3 Å². The molecule has 6 nitrogen and oxygen atoms in total. The molecule has 3 aromatic rings. The summed E-state index contributed by atoms with van der Waals surface area (Å²) in [4.78, 5) is 21.9. The van der Waals surface area contributed by atoms with Gasteiger partial charge in [-0.25, -0.2) is 4.98 Å². The van der Waals surface area contributed by atoms with E-state index in [2.05, 4.69) is 35.2 Å². The van der Waals surface area contributed by atoms with Crippen LogP contribution >= 0.6 is 11.6 Å². The van der Waals surface area contributed by atoms with E-state index >= 15 is 0 Å². The van der Waals surface area contributed by atoms with E-state index in [1.165, 1.54) is 0 Å². The van der Waals surface area contributed by atoms with Crippen LogP contribution in [0.2, 0.25) is 5.02 Å². The summed E-state index contributed by atoms with van der Waals surface area (Å²) in [6.07, 6.45) is 1.14. The Morgan fingerprint density at radius 2 is 1.90 bits per heavy atom. The number of carbonyl (C=O) groups is 1. The van der Waals surface area contributed by atoms with Crippen molar-refractivity contribution in [1.82, 2.24) is 9.88 Å². The van der Waals surface area contributed by atoms with Gasteiger partial charge in [0.05, 0.1) is 5.52 Å². The molecule has 0 unspecified atom stereocenters. The maximum absolute atomic E-state index is 12.3. The van der Waals surface area contributed by atoms with Gasteiger partial charge in [-0.2, -0.15) is 0 Å². The van der Waals surface area contributed by atoms with Gasteiger partial charge in [-0.1, -0.05) is 11.6 Å². The second kappa shape index (κ2) is 9.54. The summed E-state index contributed by atoms with van der Waals surface area (Å²) in [7, 11) is 2.17. The van der Waals surface area contributed by atoms with Gasteiger partial charge in [0.25, 0.3) is 5.91 Å². The maximum atomic E-state index is 12.3. The molecular formula is C24H27ClN4O2. The van der Waals surface area contributed by atoms with E-state index in [0.29, 0.717) is 10.8 Å². The zero-order valence-electron chi connectivity index (χ0n) is 17.9. The van der Waals surface area contributed by atoms with Crippen LogP contribution in [0.5, 0.6) is 5.75 Å². The fourth-order valence-corrected chi connectivity index (χ4v) is 3.89. The molecule has 1 aromatic heterocycles. The number of nitrogens with one attached hydrogen (secondary N) is 1. The van der Waals surface area contributed by atoms with Crippen LogP contribution in [-0.2, 0) is 4.79 Å². The average Bonchev–Trinajstić information content (AvgIpc) is 2.98. The van der Waals surface area contributed by atoms with Gasteiger partial charge in [0, 0.05) is 35.7 Å². The maximum Gasteiger partial charge on any atom is 0.262 e. The number of halogens is 1. The first-order chi connectivity index (χ1) is 15.0. The molecule has 1 N–H and O–H groups in total. The minimum atomic E-state index is -0.217. The second-order valence-corrected chi connectivity index (χ2v) is 8.40. The van der Waals surface area contributed by atoms with Crippen molar-refractivity contribution in [2.75, 3.05) is 50.1 Å². The number of anilines is 2. The summed E-state index contributed by atoms with van der Waals surface area (Å²) in [5.74, 6) is 1.41. The minimum Gasteiger partial charge on any atom is -0.484 e. The molecule has 2 aromatic carbocycles. The summed E-state index contributed by atoms with van der Waals surface area (Å²) in [5, 5.41) is 4.56. The van der Waals surface area contributed by atoms with E-state index in [9.17, 15) is 4.79 Å². The molecule has 0 bridgehead atoms. The molecule has 31 heavy (non-hydrogen) atoms. The van der Waals surface area contributed by atoms with Crippen LogP contribution in [0.3, 0.4) is 0 Å². The lowest BCUT2D eigenvalue weighted by atomic mass is 10.1. The first-order valence-corrected chi connectivity index (χ1v) is 10.9. The Kier molecular flexibility index (Phi) is 6.59. The van der Waals surface area contributed by atoms with Crippen molar-refractivity contribution in [2.24, 2.45) is 0 Å². The highest BCUT2D eigenvalue weighted by Crippen LogP contribution is 2.26. The lowest BCUT2D eigenvalue weighted by Gasteiger charge is -2.22. The van der Waals surface area contributed by atoms with Crippen LogP contribution in [0.15, 0.2) is 48.5 Å². The Morgan fingerprint density at radius 1 is 1.10 bits per heavy atom. The zero-order chi connectivity index (χ0) is 21.8. The van der Waals surface area contributed by atoms with Crippen molar-refractivity contribution in [3.8, 4) is 5.75 Å². The number of rotatable bonds is 5. The first kappa shape index (κ1) is 21.4. The standard InChI is InChI=1S/C24H27ClN4O2/c1-17-14-23(29-11-3-10-28(2)12-13-29)27-22-9-6-19(15-21(17)22)26-24(30)16-31-20-7-4-18(25)5-8-20/h4-9,14-15H,3,10-13,16H2,1-2H3,(H,26,30). The highest BCUT2D eigenvalue weighted by Gasteiger charge is 2.15. The lowest BCUT2D eigenvalue weighted by Crippen LogP contribution is -2.29. The monoisotopic (exact) mass is 438 g/mol. The number of benzene rings is 2. The molecular weight excluding hydrogens is 412 g/mol. The van der Waals surface area contributed by atoms with Crippen LogP contribution in [0.4, 0.5) is 11.5 Å². The number of nitrogens with zero attached hydrogens (tertiary/aromatic N) is 3. The van der Waals surface area contributed by atoms with Crippen molar-refractivity contribution in [2.45, 2.75) is 13.3 Å². The SMILES string of the molecule is Cc1cc(N2CCCN(C)CC2)nc2ccc(NC(=O)COc3ccc(Cl)cc3)cc12. The molecule has 7 heteroatoms. The van der Waals surface area contributed by atoms with Crippen LogP contribution in [0.25, 0.3) is 10.9 Å². The molecule has 0 spiro atoms. The highest BCUT2D eigenvalue weighted by molar-refractivity contribution is 6.30. The number of fused-ring (bicyclic) bond motifs is 1. The second-order valence-electron chi connectivity index (χ2n) is 7.96. The normalized spacial score (nSPS) is 15.0. The van der Waals surface area contributed by atoms with Gasteiger partial charge in [-0.15, -0.1) is 0 Å². The Hall–Kier alpha value is -2.83. The quantitative estimate of drug-likeness (QED) is 0.641. The van der Waals surface area contributed by atoms with E-state index < -0.39 is 0 Å². The molecule has 0 saturated carbocycles. The van der Waals surface area contributed by atoms with E-state index in [-0.39, 0.29) is 12.5 Å². The number of amides is 1. The number of hydrogen-bond donors (Lipinski definition) is 1. The molecule has 0 radical (unpaired) electrons. The molecule has 162 valence electrons. The van der Waals surface area contributed by atoms with Crippen LogP contribution < -0.4 is 15.0 Å². The highest BCUT2D eigenvalue weighted by atomic mass is 35.5. The molecule has 1 amide bonds. The predicted octanol–water partition coefficient (Wildman–Crippen LogP) is 4.36. The zero-order valence-corrected chi connectivity index (χ0v) is 18.7. The lowest BCUT2D eigenvalue weighted by molar-refractivity contribution is -0.118. The van der Waals surface area contributed by atoms with E-state index in [4.69, 9.17) is 21.3 Å². The topological polar surface area (TPSA) is 57.7 Å². The first-order valence-electron chi connectivity index (χ1n) is 10.5. The fourth-order valence-electron chi connectivity index (χ4n) is 3.77. The van der Waals surface area contributed by atoms with Gasteiger partial charge in [0.1, 0.15) is 11.6 Å². The average molecular weight is 439 g/mol. The predicted molar refractivity (Wildman–Crippen MR) is 126 cm³/mol. The number of aryl methyl sites for hydroxylation is 1. The molecule has 1 fully saturated rings. The van der Waals surface area contributed by atoms with Gasteiger partial charge in [0.15, 0.2) is 6.61 Å². The number of carbonyl (C=O) groups excluding carboxylic acids is 1. The van der Waals surface area contributed by atoms with Gasteiger partial charge in [-0.05, 0) is 81.0 Å². The van der Waals surface area contributed by atoms with E-state index in [0.717, 1.165) is 60.6 Å². The summed E-state index contributed by atoms with van der Waals surface area (Å²) in [5.41, 5.74) is 2.81. The molecule has 0 atom stereocenters. The Balaban J connectivity index is 1.44. The molecule has 2 heterocycles. The summed E-state index contributed by atoms with van der Waals surface area (Å²) in [6.45, 7) is 6.18. The summed E-state index contributed by atoms with van der Waals surface area (Å²) < 4.78 is 5.51. The van der Waals surface area contributed by atoms with Crippen LogP contribution in [-0.4, -0.2) is 55.6 Å². The van der Waals surface area contributed by atoms with Crippen LogP contribution in [0.1, 0.15) is 12.0 Å². The van der Waals surface area contributed by atoms with E-state index in [1.807, 2.05) is 18.2 Å².